The summed E-state index contributed by atoms with van der Waals surface area (Å²) in [6.07, 6.45) is 9.60. The summed E-state index contributed by atoms with van der Waals surface area (Å²) in [6.45, 7) is 10.1. The number of halogens is 1. The minimum Gasteiger partial charge on any atom is -0.355 e. The average Bonchev–Trinajstić information content (AvgIpc) is 3.13. The predicted octanol–water partition coefficient (Wildman–Crippen LogP) is 2.91. The molecule has 1 aliphatic carbocycles. The van der Waals surface area contributed by atoms with Gasteiger partial charge in [0.15, 0.2) is 5.96 Å². The van der Waals surface area contributed by atoms with Gasteiger partial charge in [0.1, 0.15) is 0 Å². The van der Waals surface area contributed by atoms with E-state index in [9.17, 15) is 0 Å². The Bertz CT molecular complexity index is 387. The van der Waals surface area contributed by atoms with Gasteiger partial charge in [-0.3, -0.25) is 9.89 Å². The Hall–Kier alpha value is -0.0800. The monoisotopic (exact) mass is 465 g/mol. The lowest BCUT2D eigenvalue weighted by molar-refractivity contribution is 0.0982. The third-order valence-electron chi connectivity index (χ3n) is 5.83. The van der Waals surface area contributed by atoms with Crippen LogP contribution in [0.15, 0.2) is 4.99 Å². The number of likely N-dealkylation sites (N-methyl/N-ethyl adjacent to an activating group) is 1. The molecular formula is C19H40IN5. The van der Waals surface area contributed by atoms with E-state index in [1.54, 1.807) is 0 Å². The molecule has 148 valence electrons. The van der Waals surface area contributed by atoms with E-state index in [1.807, 2.05) is 7.05 Å². The van der Waals surface area contributed by atoms with Gasteiger partial charge >= 0.3 is 0 Å². The van der Waals surface area contributed by atoms with Crippen molar-refractivity contribution < 1.29 is 0 Å². The van der Waals surface area contributed by atoms with E-state index < -0.39 is 0 Å². The van der Waals surface area contributed by atoms with E-state index in [2.05, 4.69) is 46.3 Å². The van der Waals surface area contributed by atoms with Crippen LogP contribution in [0.4, 0.5) is 0 Å². The van der Waals surface area contributed by atoms with Crippen LogP contribution in [0.5, 0.6) is 0 Å². The third-order valence-corrected chi connectivity index (χ3v) is 5.83. The van der Waals surface area contributed by atoms with Crippen LogP contribution >= 0.6 is 24.0 Å². The third kappa shape index (κ3) is 7.59. The molecule has 2 N–H and O–H groups in total. The summed E-state index contributed by atoms with van der Waals surface area (Å²) < 4.78 is 0. The van der Waals surface area contributed by atoms with Crippen LogP contribution in [0.2, 0.25) is 0 Å². The molecule has 1 heterocycles. The molecule has 2 fully saturated rings. The number of aliphatic imine (C=N–C) groups is 1. The van der Waals surface area contributed by atoms with Gasteiger partial charge in [-0.2, -0.15) is 0 Å². The van der Waals surface area contributed by atoms with Crippen molar-refractivity contribution >= 4 is 29.9 Å². The molecule has 0 atom stereocenters. The highest BCUT2D eigenvalue weighted by Gasteiger charge is 2.27. The Morgan fingerprint density at radius 1 is 1.08 bits per heavy atom. The number of hydrogen-bond donors (Lipinski definition) is 2. The molecule has 0 amide bonds. The molecule has 0 aromatic rings. The van der Waals surface area contributed by atoms with E-state index in [0.29, 0.717) is 0 Å². The van der Waals surface area contributed by atoms with Crippen LogP contribution in [0.25, 0.3) is 0 Å². The van der Waals surface area contributed by atoms with Crippen LogP contribution in [-0.2, 0) is 0 Å². The fraction of sp³-hybridized carbons (Fsp3) is 0.947. The fourth-order valence-corrected chi connectivity index (χ4v) is 4.01. The smallest absolute Gasteiger partial charge is 0.191 e. The molecule has 1 aliphatic heterocycles. The van der Waals surface area contributed by atoms with Crippen LogP contribution in [0, 0.1) is 0 Å². The molecule has 25 heavy (non-hydrogen) atoms. The summed E-state index contributed by atoms with van der Waals surface area (Å²) in [7, 11) is 4.12. The first-order valence-electron chi connectivity index (χ1n) is 9.93. The SMILES string of the molecule is CN=C(NCCN(C)C1CCCC1)NCC(C)(C)N1CCCCC1.I. The number of rotatable bonds is 7. The van der Waals surface area contributed by atoms with Gasteiger partial charge in [0.25, 0.3) is 0 Å². The minimum absolute atomic E-state index is 0. The van der Waals surface area contributed by atoms with E-state index in [4.69, 9.17) is 0 Å². The molecule has 6 heteroatoms. The van der Waals surface area contributed by atoms with Gasteiger partial charge in [-0.05, 0) is 59.7 Å². The quantitative estimate of drug-likeness (QED) is 0.345. The fourth-order valence-electron chi connectivity index (χ4n) is 4.01. The lowest BCUT2D eigenvalue weighted by Crippen LogP contribution is -2.55. The van der Waals surface area contributed by atoms with Crippen molar-refractivity contribution in [2.24, 2.45) is 4.99 Å². The van der Waals surface area contributed by atoms with Crippen molar-refractivity contribution in [2.45, 2.75) is 70.4 Å². The number of guanidine groups is 1. The first kappa shape index (κ1) is 23.0. The van der Waals surface area contributed by atoms with Gasteiger partial charge in [-0.15, -0.1) is 24.0 Å². The van der Waals surface area contributed by atoms with Crippen LogP contribution in [-0.4, -0.2) is 74.2 Å². The highest BCUT2D eigenvalue weighted by Crippen LogP contribution is 2.22. The summed E-state index contributed by atoms with van der Waals surface area (Å²) in [5.74, 6) is 0.930. The topological polar surface area (TPSA) is 42.9 Å². The van der Waals surface area contributed by atoms with Crippen LogP contribution < -0.4 is 10.6 Å². The molecule has 0 aromatic heterocycles. The lowest BCUT2D eigenvalue weighted by atomic mass is 9.98. The highest BCUT2D eigenvalue weighted by molar-refractivity contribution is 14.0. The standard InChI is InChI=1S/C19H39N5.HI/c1-19(2,24-13-8-5-9-14-24)16-22-18(20-3)21-12-15-23(4)17-10-6-7-11-17;/h17H,5-16H2,1-4H3,(H2,20,21,22);1H. The van der Waals surface area contributed by atoms with E-state index in [0.717, 1.165) is 31.6 Å². The van der Waals surface area contributed by atoms with Crippen molar-refractivity contribution in [1.82, 2.24) is 20.4 Å². The Kier molecular flexibility index (Phi) is 10.6. The number of hydrogen-bond acceptors (Lipinski definition) is 3. The zero-order valence-corrected chi connectivity index (χ0v) is 19.1. The van der Waals surface area contributed by atoms with Crippen molar-refractivity contribution in [3.05, 3.63) is 0 Å². The van der Waals surface area contributed by atoms with Crippen molar-refractivity contribution in [1.29, 1.82) is 0 Å². The van der Waals surface area contributed by atoms with Crippen molar-refractivity contribution in [3.8, 4) is 0 Å². The molecule has 1 saturated carbocycles. The van der Waals surface area contributed by atoms with Crippen LogP contribution in [0.1, 0.15) is 58.8 Å². The maximum atomic E-state index is 4.39. The second kappa shape index (κ2) is 11.6. The van der Waals surface area contributed by atoms with Gasteiger partial charge in [0, 0.05) is 38.3 Å². The Morgan fingerprint density at radius 2 is 1.72 bits per heavy atom. The molecule has 0 aromatic carbocycles. The normalized spacial score (nSPS) is 20.6. The zero-order chi connectivity index (χ0) is 17.4. The van der Waals surface area contributed by atoms with Gasteiger partial charge in [0.2, 0.25) is 0 Å². The molecule has 1 saturated heterocycles. The number of nitrogens with one attached hydrogen (secondary N) is 2. The number of likely N-dealkylation sites (tertiary alicyclic amines) is 1. The zero-order valence-electron chi connectivity index (χ0n) is 16.8. The Morgan fingerprint density at radius 3 is 2.32 bits per heavy atom. The number of piperidine rings is 1. The molecule has 0 spiro atoms. The summed E-state index contributed by atoms with van der Waals surface area (Å²) in [5, 5.41) is 7.01. The lowest BCUT2D eigenvalue weighted by Gasteiger charge is -2.41. The van der Waals surface area contributed by atoms with Gasteiger partial charge in [-0.1, -0.05) is 19.3 Å². The first-order chi connectivity index (χ1) is 11.5. The Labute approximate surface area is 172 Å². The summed E-state index contributed by atoms with van der Waals surface area (Å²) in [6, 6.07) is 0.791. The minimum atomic E-state index is 0. The molecule has 0 bridgehead atoms. The molecule has 0 radical (unpaired) electrons. The largest absolute Gasteiger partial charge is 0.355 e. The molecule has 2 aliphatic rings. The highest BCUT2D eigenvalue weighted by atomic mass is 127. The van der Waals surface area contributed by atoms with Crippen LogP contribution in [0.3, 0.4) is 0 Å². The van der Waals surface area contributed by atoms with E-state index >= 15 is 0 Å². The predicted molar refractivity (Wildman–Crippen MR) is 119 cm³/mol. The van der Waals surface area contributed by atoms with Gasteiger partial charge in [-0.25, -0.2) is 0 Å². The van der Waals surface area contributed by atoms with Gasteiger partial charge in [0.05, 0.1) is 0 Å². The molecular weight excluding hydrogens is 425 g/mol. The summed E-state index contributed by atoms with van der Waals surface area (Å²) >= 11 is 0. The van der Waals surface area contributed by atoms with Crippen molar-refractivity contribution in [3.63, 3.8) is 0 Å². The summed E-state index contributed by atoms with van der Waals surface area (Å²) in [4.78, 5) is 9.51. The molecule has 0 unspecified atom stereocenters. The van der Waals surface area contributed by atoms with Crippen molar-refractivity contribution in [2.75, 3.05) is 46.8 Å². The number of nitrogens with zero attached hydrogens (tertiary/aromatic N) is 3. The first-order valence-corrected chi connectivity index (χ1v) is 9.93. The Balaban J connectivity index is 0.00000312. The second-order valence-electron chi connectivity index (χ2n) is 8.13. The molecule has 5 nitrogen and oxygen atoms in total. The second-order valence-corrected chi connectivity index (χ2v) is 8.13. The molecule has 2 rings (SSSR count). The van der Waals surface area contributed by atoms with E-state index in [1.165, 1.54) is 58.0 Å². The average molecular weight is 465 g/mol. The van der Waals surface area contributed by atoms with E-state index in [-0.39, 0.29) is 29.5 Å². The summed E-state index contributed by atoms with van der Waals surface area (Å²) in [5.41, 5.74) is 0.179. The van der Waals surface area contributed by atoms with Gasteiger partial charge < -0.3 is 15.5 Å². The maximum Gasteiger partial charge on any atom is 0.191 e. The maximum absolute atomic E-state index is 4.39.